The Bertz CT molecular complexity index is 1550. The molecular weight excluding hydrogens is 392 g/mol. The summed E-state index contributed by atoms with van der Waals surface area (Å²) >= 11 is 6.34. The average molecular weight is 407 g/mol. The van der Waals surface area contributed by atoms with Crippen LogP contribution in [0.25, 0.3) is 49.9 Å². The topological polar surface area (TPSA) is 43.6 Å². The van der Waals surface area contributed by atoms with Gasteiger partial charge in [0.15, 0.2) is 5.82 Å². The van der Waals surface area contributed by atoms with Crippen LogP contribution in [0.1, 0.15) is 0 Å². The fraction of sp³-hybridized carbons (Fsp3) is 0. The number of benzene rings is 4. The van der Waals surface area contributed by atoms with Gasteiger partial charge in [0.2, 0.25) is 11.2 Å². The van der Waals surface area contributed by atoms with Crippen molar-refractivity contribution in [1.29, 1.82) is 0 Å². The highest BCUT2D eigenvalue weighted by atomic mass is 35.5. The number of para-hydroxylation sites is 1. The Morgan fingerprint density at radius 3 is 2.20 bits per heavy atom. The van der Waals surface area contributed by atoms with Gasteiger partial charge < -0.3 is 0 Å². The molecule has 4 aromatic carbocycles. The predicted molar refractivity (Wildman–Crippen MR) is 122 cm³/mol. The Morgan fingerprint density at radius 1 is 0.600 bits per heavy atom. The van der Waals surface area contributed by atoms with Crippen molar-refractivity contribution < 1.29 is 0 Å². The van der Waals surface area contributed by atoms with E-state index in [1.165, 1.54) is 16.2 Å². The van der Waals surface area contributed by atoms with Gasteiger partial charge >= 0.3 is 0 Å². The molecule has 2 aromatic heterocycles. The molecule has 0 fully saturated rings. The van der Waals surface area contributed by atoms with Crippen molar-refractivity contribution in [2.75, 3.05) is 0 Å². The maximum absolute atomic E-state index is 6.34. The highest BCUT2D eigenvalue weighted by molar-refractivity contribution is 6.28. The number of rotatable bonds is 2. The van der Waals surface area contributed by atoms with E-state index in [0.29, 0.717) is 11.8 Å². The van der Waals surface area contributed by atoms with Crippen LogP contribution in [0.5, 0.6) is 0 Å². The van der Waals surface area contributed by atoms with E-state index in [1.54, 1.807) is 0 Å². The first kappa shape index (κ1) is 17.1. The van der Waals surface area contributed by atoms with Crippen LogP contribution in [0, 0.1) is 0 Å². The molecule has 30 heavy (non-hydrogen) atoms. The van der Waals surface area contributed by atoms with E-state index in [9.17, 15) is 0 Å². The van der Waals surface area contributed by atoms with Crippen LogP contribution in [0.3, 0.4) is 0 Å². The lowest BCUT2D eigenvalue weighted by Gasteiger charge is -2.08. The quantitative estimate of drug-likeness (QED) is 0.332. The molecule has 0 aliphatic heterocycles. The lowest BCUT2D eigenvalue weighted by atomic mass is 10.0. The molecule has 6 rings (SSSR count). The molecule has 0 aliphatic carbocycles. The molecule has 0 radical (unpaired) electrons. The molecule has 0 saturated heterocycles. The van der Waals surface area contributed by atoms with Crippen molar-refractivity contribution in [3.8, 4) is 17.3 Å². The molecule has 142 valence electrons. The molecule has 2 heterocycles. The molecule has 0 atom stereocenters. The molecule has 0 unspecified atom stereocenters. The van der Waals surface area contributed by atoms with Gasteiger partial charge in [0.25, 0.3) is 0 Å². The fourth-order valence-corrected chi connectivity index (χ4v) is 4.27. The third kappa shape index (κ3) is 2.58. The maximum atomic E-state index is 6.34. The zero-order valence-electron chi connectivity index (χ0n) is 15.8. The molecular formula is C25H15ClN4. The summed E-state index contributed by atoms with van der Waals surface area (Å²) < 4.78 is 2.07. The number of hydrogen-bond acceptors (Lipinski definition) is 3. The molecule has 6 aromatic rings. The van der Waals surface area contributed by atoms with Gasteiger partial charge in [-0.05, 0) is 34.5 Å². The van der Waals surface area contributed by atoms with Crippen molar-refractivity contribution in [2.45, 2.75) is 0 Å². The Labute approximate surface area is 177 Å². The van der Waals surface area contributed by atoms with E-state index in [0.717, 1.165) is 22.0 Å². The third-order valence-electron chi connectivity index (χ3n) is 5.39. The first-order valence-corrected chi connectivity index (χ1v) is 10.1. The molecule has 0 amide bonds. The second kappa shape index (κ2) is 6.65. The number of hydrogen-bond donors (Lipinski definition) is 0. The summed E-state index contributed by atoms with van der Waals surface area (Å²) in [4.78, 5) is 13.6. The minimum Gasteiger partial charge on any atom is -0.278 e. The Balaban J connectivity index is 1.73. The number of fused-ring (bicyclic) bond motifs is 5. The number of halogens is 1. The second-order valence-electron chi connectivity index (χ2n) is 7.13. The standard InChI is InChI=1S/C25H15ClN4/c26-24-27-23(17-9-2-1-3-10-17)28-25(29-24)30-20-13-7-6-12-19(20)22-18-11-5-4-8-16(18)14-15-21(22)30/h1-15H. The SMILES string of the molecule is Clc1nc(-c2ccccc2)nc(-n2c3ccccc3c3c4ccccc4ccc32)n1. The Kier molecular flexibility index (Phi) is 3.79. The third-order valence-corrected chi connectivity index (χ3v) is 5.56. The summed E-state index contributed by atoms with van der Waals surface area (Å²) in [5, 5.41) is 4.91. The van der Waals surface area contributed by atoms with Crippen LogP contribution in [0.2, 0.25) is 5.28 Å². The van der Waals surface area contributed by atoms with Crippen LogP contribution in [-0.2, 0) is 0 Å². The van der Waals surface area contributed by atoms with Crippen molar-refractivity contribution in [3.05, 3.63) is 96.3 Å². The molecule has 0 N–H and O–H groups in total. The van der Waals surface area contributed by atoms with Gasteiger partial charge in [0, 0.05) is 16.3 Å². The van der Waals surface area contributed by atoms with Crippen LogP contribution >= 0.6 is 11.6 Å². The highest BCUT2D eigenvalue weighted by Gasteiger charge is 2.17. The van der Waals surface area contributed by atoms with Gasteiger partial charge in [-0.15, -0.1) is 0 Å². The lowest BCUT2D eigenvalue weighted by Crippen LogP contribution is -2.04. The Hall–Kier alpha value is -3.76. The van der Waals surface area contributed by atoms with Gasteiger partial charge in [0.1, 0.15) is 0 Å². The summed E-state index contributed by atoms with van der Waals surface area (Å²) in [5.74, 6) is 1.06. The van der Waals surface area contributed by atoms with Crippen LogP contribution < -0.4 is 0 Å². The van der Waals surface area contributed by atoms with E-state index >= 15 is 0 Å². The lowest BCUT2D eigenvalue weighted by molar-refractivity contribution is 0.947. The van der Waals surface area contributed by atoms with Crippen LogP contribution in [-0.4, -0.2) is 19.5 Å². The average Bonchev–Trinajstić information content (AvgIpc) is 3.14. The van der Waals surface area contributed by atoms with E-state index in [1.807, 2.05) is 36.4 Å². The van der Waals surface area contributed by atoms with Crippen molar-refractivity contribution in [3.63, 3.8) is 0 Å². The van der Waals surface area contributed by atoms with Crippen molar-refractivity contribution in [2.24, 2.45) is 0 Å². The summed E-state index contributed by atoms with van der Waals surface area (Å²) in [7, 11) is 0. The first-order chi connectivity index (χ1) is 14.8. The zero-order chi connectivity index (χ0) is 20.1. The first-order valence-electron chi connectivity index (χ1n) is 9.68. The fourth-order valence-electron chi connectivity index (χ4n) is 4.11. The molecule has 4 nitrogen and oxygen atoms in total. The molecule has 0 aliphatic rings. The smallest absolute Gasteiger partial charge is 0.239 e. The van der Waals surface area contributed by atoms with E-state index in [-0.39, 0.29) is 5.28 Å². The highest BCUT2D eigenvalue weighted by Crippen LogP contribution is 2.36. The van der Waals surface area contributed by atoms with Crippen LogP contribution in [0.4, 0.5) is 0 Å². The minimum absolute atomic E-state index is 0.172. The largest absolute Gasteiger partial charge is 0.278 e. The normalized spacial score (nSPS) is 11.5. The van der Waals surface area contributed by atoms with E-state index < -0.39 is 0 Å². The maximum Gasteiger partial charge on any atom is 0.239 e. The molecule has 0 bridgehead atoms. The van der Waals surface area contributed by atoms with Gasteiger partial charge in [0.05, 0.1) is 11.0 Å². The predicted octanol–water partition coefficient (Wildman–Crippen LogP) is 6.44. The van der Waals surface area contributed by atoms with E-state index in [4.69, 9.17) is 16.6 Å². The van der Waals surface area contributed by atoms with Gasteiger partial charge in [-0.1, -0.05) is 78.9 Å². The molecule has 5 heteroatoms. The molecule has 0 spiro atoms. The summed E-state index contributed by atoms with van der Waals surface area (Å²) in [6.45, 7) is 0. The summed E-state index contributed by atoms with van der Waals surface area (Å²) in [6, 6.07) is 30.8. The minimum atomic E-state index is 0.172. The monoisotopic (exact) mass is 406 g/mol. The second-order valence-corrected chi connectivity index (χ2v) is 7.47. The van der Waals surface area contributed by atoms with Gasteiger partial charge in [-0.2, -0.15) is 15.0 Å². The summed E-state index contributed by atoms with van der Waals surface area (Å²) in [5.41, 5.74) is 2.97. The van der Waals surface area contributed by atoms with E-state index in [2.05, 4.69) is 69.1 Å². The van der Waals surface area contributed by atoms with Gasteiger partial charge in [-0.25, -0.2) is 0 Å². The zero-order valence-corrected chi connectivity index (χ0v) is 16.6. The number of nitrogens with zero attached hydrogens (tertiary/aromatic N) is 4. The Morgan fingerprint density at radius 2 is 1.33 bits per heavy atom. The van der Waals surface area contributed by atoms with Crippen LogP contribution in [0.15, 0.2) is 91.0 Å². The van der Waals surface area contributed by atoms with Crippen molar-refractivity contribution in [1.82, 2.24) is 19.5 Å². The van der Waals surface area contributed by atoms with Crippen molar-refractivity contribution >= 4 is 44.2 Å². The molecule has 0 saturated carbocycles. The van der Waals surface area contributed by atoms with Gasteiger partial charge in [-0.3, -0.25) is 4.57 Å². The number of aromatic nitrogens is 4. The summed E-state index contributed by atoms with van der Waals surface area (Å²) in [6.07, 6.45) is 0.